The molecule has 0 bridgehead atoms. The standard InChI is InChI=1S/C30H37NO2/c1-3-4-8-23-13-17-26(18-14-23)30(32)31(21-24-15-19-28(33-2)20-16-24)22-27-11-7-10-25-9-5-6-12-29(25)27/h5-7,9-12,15-16,19-20,23,26H,3-4,8,13-14,17-18,21-22H2,1-2H3. The Kier molecular flexibility index (Phi) is 8.04. The predicted octanol–water partition coefficient (Wildman–Crippen LogP) is 7.37. The van der Waals surface area contributed by atoms with Crippen LogP contribution >= 0.6 is 0 Å². The molecule has 1 aliphatic carbocycles. The molecule has 3 aromatic rings. The maximum Gasteiger partial charge on any atom is 0.226 e. The molecule has 0 N–H and O–H groups in total. The van der Waals surface area contributed by atoms with Crippen molar-refractivity contribution in [1.82, 2.24) is 4.90 Å². The van der Waals surface area contributed by atoms with Crippen LogP contribution in [0.15, 0.2) is 66.7 Å². The van der Waals surface area contributed by atoms with Crippen LogP contribution in [0.3, 0.4) is 0 Å². The zero-order valence-corrected chi connectivity index (χ0v) is 20.1. The van der Waals surface area contributed by atoms with Gasteiger partial charge in [-0.2, -0.15) is 0 Å². The molecule has 33 heavy (non-hydrogen) atoms. The molecule has 1 amide bonds. The Hall–Kier alpha value is -2.81. The Morgan fingerprint density at radius 2 is 1.64 bits per heavy atom. The Bertz CT molecular complexity index is 1030. The van der Waals surface area contributed by atoms with Crippen LogP contribution in [0.1, 0.15) is 63.0 Å². The number of hydrogen-bond donors (Lipinski definition) is 0. The Morgan fingerprint density at radius 3 is 2.36 bits per heavy atom. The van der Waals surface area contributed by atoms with Gasteiger partial charge in [0, 0.05) is 19.0 Å². The van der Waals surface area contributed by atoms with E-state index in [1.807, 2.05) is 12.1 Å². The third-order valence-corrected chi connectivity index (χ3v) is 7.25. The third-order valence-electron chi connectivity index (χ3n) is 7.25. The number of carbonyl (C=O) groups excluding carboxylic acids is 1. The highest BCUT2D eigenvalue weighted by molar-refractivity contribution is 5.86. The Balaban J connectivity index is 1.53. The van der Waals surface area contributed by atoms with E-state index in [4.69, 9.17) is 4.74 Å². The summed E-state index contributed by atoms with van der Waals surface area (Å²) in [5, 5.41) is 2.46. The van der Waals surface area contributed by atoms with Crippen LogP contribution < -0.4 is 4.74 Å². The number of nitrogens with zero attached hydrogens (tertiary/aromatic N) is 1. The van der Waals surface area contributed by atoms with E-state index in [1.54, 1.807) is 7.11 Å². The number of benzene rings is 3. The van der Waals surface area contributed by atoms with Gasteiger partial charge in [-0.15, -0.1) is 0 Å². The molecule has 0 aromatic heterocycles. The summed E-state index contributed by atoms with van der Waals surface area (Å²) < 4.78 is 5.32. The van der Waals surface area contributed by atoms with Crippen molar-refractivity contribution >= 4 is 16.7 Å². The van der Waals surface area contributed by atoms with Gasteiger partial charge in [-0.1, -0.05) is 80.8 Å². The molecule has 3 heteroatoms. The van der Waals surface area contributed by atoms with Crippen molar-refractivity contribution in [2.45, 2.75) is 65.0 Å². The fraction of sp³-hybridized carbons (Fsp3) is 0.433. The first-order chi connectivity index (χ1) is 16.2. The van der Waals surface area contributed by atoms with Gasteiger partial charge in [0.25, 0.3) is 0 Å². The molecule has 0 spiro atoms. The van der Waals surface area contributed by atoms with Gasteiger partial charge >= 0.3 is 0 Å². The minimum atomic E-state index is 0.149. The first-order valence-corrected chi connectivity index (χ1v) is 12.6. The number of amides is 1. The summed E-state index contributed by atoms with van der Waals surface area (Å²) in [6.45, 7) is 3.53. The van der Waals surface area contributed by atoms with Crippen LogP contribution in [0.2, 0.25) is 0 Å². The zero-order chi connectivity index (χ0) is 23.0. The van der Waals surface area contributed by atoms with Crippen molar-refractivity contribution in [3.8, 4) is 5.75 Å². The molecule has 3 aromatic carbocycles. The molecule has 1 fully saturated rings. The van der Waals surface area contributed by atoms with Crippen LogP contribution in [0.25, 0.3) is 10.8 Å². The number of methoxy groups -OCH3 is 1. The molecule has 0 aliphatic heterocycles. The Labute approximate surface area is 198 Å². The molecule has 0 heterocycles. The normalized spacial score (nSPS) is 18.2. The molecule has 0 atom stereocenters. The quantitative estimate of drug-likeness (QED) is 0.345. The van der Waals surface area contributed by atoms with Crippen molar-refractivity contribution < 1.29 is 9.53 Å². The van der Waals surface area contributed by atoms with Gasteiger partial charge in [-0.25, -0.2) is 0 Å². The van der Waals surface area contributed by atoms with E-state index in [9.17, 15) is 4.79 Å². The van der Waals surface area contributed by atoms with E-state index < -0.39 is 0 Å². The van der Waals surface area contributed by atoms with Crippen molar-refractivity contribution in [3.63, 3.8) is 0 Å². The van der Waals surface area contributed by atoms with Gasteiger partial charge in [-0.3, -0.25) is 4.79 Å². The highest BCUT2D eigenvalue weighted by Gasteiger charge is 2.29. The maximum absolute atomic E-state index is 13.8. The van der Waals surface area contributed by atoms with Crippen molar-refractivity contribution in [2.24, 2.45) is 11.8 Å². The fourth-order valence-corrected chi connectivity index (χ4v) is 5.25. The summed E-state index contributed by atoms with van der Waals surface area (Å²) in [5.74, 6) is 2.11. The van der Waals surface area contributed by atoms with Crippen LogP contribution in [-0.2, 0) is 17.9 Å². The van der Waals surface area contributed by atoms with Crippen molar-refractivity contribution in [3.05, 3.63) is 77.9 Å². The topological polar surface area (TPSA) is 29.5 Å². The number of fused-ring (bicyclic) bond motifs is 1. The molecule has 1 saturated carbocycles. The third kappa shape index (κ3) is 5.96. The molecule has 174 valence electrons. The van der Waals surface area contributed by atoms with Crippen LogP contribution in [0.5, 0.6) is 5.75 Å². The lowest BCUT2D eigenvalue weighted by atomic mass is 9.79. The number of ether oxygens (including phenoxy) is 1. The SMILES string of the molecule is CCCCC1CCC(C(=O)N(Cc2ccc(OC)cc2)Cc2cccc3ccccc23)CC1. The summed E-state index contributed by atoms with van der Waals surface area (Å²) in [7, 11) is 1.68. The van der Waals surface area contributed by atoms with Crippen LogP contribution in [-0.4, -0.2) is 17.9 Å². The molecular weight excluding hydrogens is 406 g/mol. The van der Waals surface area contributed by atoms with Gasteiger partial charge in [-0.05, 0) is 65.6 Å². The van der Waals surface area contributed by atoms with E-state index in [-0.39, 0.29) is 5.92 Å². The van der Waals surface area contributed by atoms with Gasteiger partial charge in [0.05, 0.1) is 7.11 Å². The van der Waals surface area contributed by atoms with Crippen LogP contribution in [0.4, 0.5) is 0 Å². The lowest BCUT2D eigenvalue weighted by molar-refractivity contribution is -0.138. The summed E-state index contributed by atoms with van der Waals surface area (Å²) in [4.78, 5) is 15.9. The van der Waals surface area contributed by atoms with E-state index in [0.717, 1.165) is 30.1 Å². The van der Waals surface area contributed by atoms with Gasteiger partial charge in [0.2, 0.25) is 5.91 Å². The molecular formula is C30H37NO2. The average molecular weight is 444 g/mol. The van der Waals surface area contributed by atoms with Crippen molar-refractivity contribution in [1.29, 1.82) is 0 Å². The number of hydrogen-bond acceptors (Lipinski definition) is 2. The fourth-order valence-electron chi connectivity index (χ4n) is 5.25. The minimum absolute atomic E-state index is 0.149. The van der Waals surface area contributed by atoms with Gasteiger partial charge in [0.15, 0.2) is 0 Å². The summed E-state index contributed by atoms with van der Waals surface area (Å²) >= 11 is 0. The molecule has 3 nitrogen and oxygen atoms in total. The monoisotopic (exact) mass is 443 g/mol. The predicted molar refractivity (Wildman–Crippen MR) is 136 cm³/mol. The summed E-state index contributed by atoms with van der Waals surface area (Å²) in [6.07, 6.45) is 8.35. The lowest BCUT2D eigenvalue weighted by Crippen LogP contribution is -2.37. The highest BCUT2D eigenvalue weighted by atomic mass is 16.5. The second-order valence-corrected chi connectivity index (χ2v) is 9.54. The zero-order valence-electron chi connectivity index (χ0n) is 20.1. The van der Waals surface area contributed by atoms with E-state index in [0.29, 0.717) is 19.0 Å². The second kappa shape index (κ2) is 11.4. The first-order valence-electron chi connectivity index (χ1n) is 12.6. The van der Waals surface area contributed by atoms with Gasteiger partial charge < -0.3 is 9.64 Å². The van der Waals surface area contributed by atoms with Gasteiger partial charge in [0.1, 0.15) is 5.75 Å². The van der Waals surface area contributed by atoms with E-state index >= 15 is 0 Å². The molecule has 1 aliphatic rings. The Morgan fingerprint density at radius 1 is 0.909 bits per heavy atom. The summed E-state index contributed by atoms with van der Waals surface area (Å²) in [6, 6.07) is 23.0. The minimum Gasteiger partial charge on any atom is -0.497 e. The maximum atomic E-state index is 13.8. The van der Waals surface area contributed by atoms with Crippen molar-refractivity contribution in [2.75, 3.05) is 7.11 Å². The molecule has 4 rings (SSSR count). The number of rotatable bonds is 9. The lowest BCUT2D eigenvalue weighted by Gasteiger charge is -2.32. The summed E-state index contributed by atoms with van der Waals surface area (Å²) in [5.41, 5.74) is 2.35. The van der Waals surface area contributed by atoms with E-state index in [2.05, 4.69) is 66.4 Å². The largest absolute Gasteiger partial charge is 0.497 e. The molecule has 0 saturated heterocycles. The number of carbonyl (C=O) groups is 1. The first kappa shape index (κ1) is 23.4. The van der Waals surface area contributed by atoms with Crippen LogP contribution in [0, 0.1) is 11.8 Å². The smallest absolute Gasteiger partial charge is 0.226 e. The molecule has 0 radical (unpaired) electrons. The average Bonchev–Trinajstić information content (AvgIpc) is 2.87. The second-order valence-electron chi connectivity index (χ2n) is 9.54. The highest BCUT2D eigenvalue weighted by Crippen LogP contribution is 2.34. The van der Waals surface area contributed by atoms with E-state index in [1.165, 1.54) is 48.4 Å². The number of unbranched alkanes of at least 4 members (excludes halogenated alkanes) is 1. The molecule has 0 unspecified atom stereocenters.